The molecule has 2 fully saturated rings. The first-order valence-electron chi connectivity index (χ1n) is 3.61. The van der Waals surface area contributed by atoms with Crippen molar-refractivity contribution in [2.24, 2.45) is 5.41 Å². The molecule has 2 nitrogen and oxygen atoms in total. The highest BCUT2D eigenvalue weighted by atomic mass is 16.5. The van der Waals surface area contributed by atoms with Crippen LogP contribution in [-0.4, -0.2) is 26.3 Å². The molecule has 1 aliphatic carbocycles. The van der Waals surface area contributed by atoms with E-state index in [1.165, 1.54) is 25.9 Å². The van der Waals surface area contributed by atoms with Gasteiger partial charge in [0.25, 0.3) is 0 Å². The average Bonchev–Trinajstić information content (AvgIpc) is 1.59. The maximum atomic E-state index is 5.30. The summed E-state index contributed by atoms with van der Waals surface area (Å²) in [7, 11) is 1.82. The Kier molecular flexibility index (Phi) is 1.08. The number of hydrogen-bond acceptors (Lipinski definition) is 2. The van der Waals surface area contributed by atoms with Gasteiger partial charge in [-0.3, -0.25) is 0 Å². The molecule has 1 atom stereocenters. The molecule has 1 saturated carbocycles. The molecule has 0 aromatic rings. The topological polar surface area (TPSA) is 21.3 Å². The minimum absolute atomic E-state index is 0.568. The maximum absolute atomic E-state index is 5.30. The number of methoxy groups -OCH3 is 1. The Bertz CT molecular complexity index is 113. The van der Waals surface area contributed by atoms with Crippen molar-refractivity contribution in [3.8, 4) is 0 Å². The summed E-state index contributed by atoms with van der Waals surface area (Å²) in [6, 6.07) is 0. The molecular weight excluding hydrogens is 114 g/mol. The largest absolute Gasteiger partial charge is 0.381 e. The predicted octanol–water partition coefficient (Wildman–Crippen LogP) is 0.385. The monoisotopic (exact) mass is 127 g/mol. The highest BCUT2D eigenvalue weighted by Gasteiger charge is 2.51. The minimum Gasteiger partial charge on any atom is -0.381 e. The SMILES string of the molecule is COC1CCC12CNC2. The summed E-state index contributed by atoms with van der Waals surface area (Å²) in [6.07, 6.45) is 3.22. The number of hydrogen-bond donors (Lipinski definition) is 1. The van der Waals surface area contributed by atoms with Gasteiger partial charge in [0, 0.05) is 25.6 Å². The van der Waals surface area contributed by atoms with Gasteiger partial charge in [-0.05, 0) is 12.8 Å². The van der Waals surface area contributed by atoms with Crippen LogP contribution in [0, 0.1) is 5.41 Å². The van der Waals surface area contributed by atoms with Gasteiger partial charge in [-0.1, -0.05) is 0 Å². The fourth-order valence-electron chi connectivity index (χ4n) is 1.89. The van der Waals surface area contributed by atoms with Gasteiger partial charge in [-0.25, -0.2) is 0 Å². The van der Waals surface area contributed by atoms with Gasteiger partial charge >= 0.3 is 0 Å². The van der Waals surface area contributed by atoms with E-state index in [1.54, 1.807) is 0 Å². The summed E-state index contributed by atoms with van der Waals surface area (Å²) in [6.45, 7) is 2.37. The van der Waals surface area contributed by atoms with Crippen LogP contribution in [0.25, 0.3) is 0 Å². The van der Waals surface area contributed by atoms with Crippen LogP contribution in [0.4, 0.5) is 0 Å². The summed E-state index contributed by atoms with van der Waals surface area (Å²) in [5.74, 6) is 0. The Labute approximate surface area is 55.6 Å². The van der Waals surface area contributed by atoms with E-state index in [2.05, 4.69) is 5.32 Å². The zero-order chi connectivity index (χ0) is 6.32. The Morgan fingerprint density at radius 3 is 2.44 bits per heavy atom. The van der Waals surface area contributed by atoms with E-state index in [0.29, 0.717) is 11.5 Å². The predicted molar refractivity (Wildman–Crippen MR) is 35.3 cm³/mol. The van der Waals surface area contributed by atoms with Gasteiger partial charge in [0.2, 0.25) is 0 Å². The first kappa shape index (κ1) is 5.69. The fraction of sp³-hybridized carbons (Fsp3) is 1.00. The Morgan fingerprint density at radius 1 is 1.56 bits per heavy atom. The zero-order valence-electron chi connectivity index (χ0n) is 5.81. The normalized spacial score (nSPS) is 37.7. The Morgan fingerprint density at radius 2 is 2.33 bits per heavy atom. The number of ether oxygens (including phenoxy) is 1. The number of rotatable bonds is 1. The third-order valence-corrected chi connectivity index (χ3v) is 2.83. The van der Waals surface area contributed by atoms with E-state index in [0.717, 1.165) is 0 Å². The standard InChI is InChI=1S/C7H13NO/c1-9-6-2-3-7(6)4-8-5-7/h6,8H,2-5H2,1H3. The third kappa shape index (κ3) is 0.578. The first-order chi connectivity index (χ1) is 4.37. The molecule has 1 unspecified atom stereocenters. The van der Waals surface area contributed by atoms with Crippen LogP contribution in [-0.2, 0) is 4.74 Å². The molecule has 1 saturated heterocycles. The van der Waals surface area contributed by atoms with E-state index < -0.39 is 0 Å². The summed E-state index contributed by atoms with van der Waals surface area (Å²) < 4.78 is 5.30. The molecule has 52 valence electrons. The Balaban J connectivity index is 1.97. The van der Waals surface area contributed by atoms with Crippen LogP contribution in [0.3, 0.4) is 0 Å². The van der Waals surface area contributed by atoms with Crippen molar-refractivity contribution in [2.45, 2.75) is 18.9 Å². The molecule has 2 rings (SSSR count). The van der Waals surface area contributed by atoms with E-state index in [1.807, 2.05) is 7.11 Å². The molecular formula is C7H13NO. The van der Waals surface area contributed by atoms with Crippen LogP contribution >= 0.6 is 0 Å². The molecule has 0 aromatic heterocycles. The van der Waals surface area contributed by atoms with Crippen LogP contribution in [0.2, 0.25) is 0 Å². The molecule has 9 heavy (non-hydrogen) atoms. The smallest absolute Gasteiger partial charge is 0.0652 e. The lowest BCUT2D eigenvalue weighted by molar-refractivity contribution is -0.118. The molecule has 1 aliphatic heterocycles. The van der Waals surface area contributed by atoms with E-state index in [9.17, 15) is 0 Å². The lowest BCUT2D eigenvalue weighted by Crippen LogP contribution is -2.65. The minimum atomic E-state index is 0.568. The summed E-state index contributed by atoms with van der Waals surface area (Å²) in [5, 5.41) is 3.29. The van der Waals surface area contributed by atoms with Gasteiger partial charge < -0.3 is 10.1 Å². The molecule has 2 aliphatic rings. The zero-order valence-corrected chi connectivity index (χ0v) is 5.81. The molecule has 1 heterocycles. The van der Waals surface area contributed by atoms with Gasteiger partial charge in [0.15, 0.2) is 0 Å². The average molecular weight is 127 g/mol. The van der Waals surface area contributed by atoms with Crippen molar-refractivity contribution in [1.29, 1.82) is 0 Å². The summed E-state index contributed by atoms with van der Waals surface area (Å²) >= 11 is 0. The highest BCUT2D eigenvalue weighted by Crippen LogP contribution is 2.45. The van der Waals surface area contributed by atoms with Crippen LogP contribution < -0.4 is 5.32 Å². The molecule has 2 heteroatoms. The van der Waals surface area contributed by atoms with Crippen molar-refractivity contribution in [3.05, 3.63) is 0 Å². The van der Waals surface area contributed by atoms with Crippen molar-refractivity contribution in [2.75, 3.05) is 20.2 Å². The quantitative estimate of drug-likeness (QED) is 0.550. The van der Waals surface area contributed by atoms with E-state index in [-0.39, 0.29) is 0 Å². The first-order valence-corrected chi connectivity index (χ1v) is 3.61. The van der Waals surface area contributed by atoms with Crippen LogP contribution in [0.5, 0.6) is 0 Å². The van der Waals surface area contributed by atoms with Crippen LogP contribution in [0.1, 0.15) is 12.8 Å². The highest BCUT2D eigenvalue weighted by molar-refractivity contribution is 5.05. The third-order valence-electron chi connectivity index (χ3n) is 2.83. The van der Waals surface area contributed by atoms with Crippen molar-refractivity contribution < 1.29 is 4.74 Å². The molecule has 0 amide bonds. The van der Waals surface area contributed by atoms with Crippen LogP contribution in [0.15, 0.2) is 0 Å². The second-order valence-corrected chi connectivity index (χ2v) is 3.23. The Hall–Kier alpha value is -0.0800. The van der Waals surface area contributed by atoms with Gasteiger partial charge in [-0.2, -0.15) is 0 Å². The molecule has 1 N–H and O–H groups in total. The summed E-state index contributed by atoms with van der Waals surface area (Å²) in [4.78, 5) is 0. The van der Waals surface area contributed by atoms with Gasteiger partial charge in [0.1, 0.15) is 0 Å². The molecule has 1 spiro atoms. The van der Waals surface area contributed by atoms with Crippen molar-refractivity contribution >= 4 is 0 Å². The van der Waals surface area contributed by atoms with Crippen molar-refractivity contribution in [3.63, 3.8) is 0 Å². The fourth-order valence-corrected chi connectivity index (χ4v) is 1.89. The van der Waals surface area contributed by atoms with E-state index in [4.69, 9.17) is 4.74 Å². The maximum Gasteiger partial charge on any atom is 0.0652 e. The summed E-state index contributed by atoms with van der Waals surface area (Å²) in [5.41, 5.74) is 0.578. The van der Waals surface area contributed by atoms with Crippen molar-refractivity contribution in [1.82, 2.24) is 5.32 Å². The lowest BCUT2D eigenvalue weighted by atomic mass is 9.62. The molecule has 0 radical (unpaired) electrons. The second-order valence-electron chi connectivity index (χ2n) is 3.23. The lowest BCUT2D eigenvalue weighted by Gasteiger charge is -2.55. The van der Waals surface area contributed by atoms with E-state index >= 15 is 0 Å². The number of nitrogens with one attached hydrogen (secondary N) is 1. The second kappa shape index (κ2) is 1.70. The molecule has 0 aromatic carbocycles. The van der Waals surface area contributed by atoms with Gasteiger partial charge in [0.05, 0.1) is 6.10 Å². The van der Waals surface area contributed by atoms with Gasteiger partial charge in [-0.15, -0.1) is 0 Å². The molecule has 0 bridgehead atoms.